The summed E-state index contributed by atoms with van der Waals surface area (Å²) in [5.41, 5.74) is -0.155. The molecule has 0 aliphatic carbocycles. The van der Waals surface area contributed by atoms with Crippen LogP contribution in [0.2, 0.25) is 0 Å². The van der Waals surface area contributed by atoms with E-state index in [-0.39, 0.29) is 18.0 Å². The van der Waals surface area contributed by atoms with Crippen molar-refractivity contribution in [1.82, 2.24) is 20.1 Å². The molecule has 0 bridgehead atoms. The molecule has 0 saturated heterocycles. The molecule has 0 saturated carbocycles. The Kier molecular flexibility index (Phi) is 3.22. The average molecular weight is 196 g/mol. The number of nitrogens with one attached hydrogen (secondary N) is 1. The van der Waals surface area contributed by atoms with E-state index in [2.05, 4.69) is 15.4 Å². The van der Waals surface area contributed by atoms with Crippen molar-refractivity contribution in [2.75, 3.05) is 0 Å². The van der Waals surface area contributed by atoms with Crippen molar-refractivity contribution in [3.05, 3.63) is 12.7 Å². The molecule has 14 heavy (non-hydrogen) atoms. The van der Waals surface area contributed by atoms with Crippen LogP contribution in [-0.2, 0) is 11.3 Å². The summed E-state index contributed by atoms with van der Waals surface area (Å²) in [5, 5.41) is 6.77. The predicted octanol–water partition coefficient (Wildman–Crippen LogP) is 0.583. The van der Waals surface area contributed by atoms with Crippen LogP contribution in [0.5, 0.6) is 0 Å². The first kappa shape index (κ1) is 10.7. The summed E-state index contributed by atoms with van der Waals surface area (Å²) in [7, 11) is 0. The number of aromatic nitrogens is 3. The van der Waals surface area contributed by atoms with Crippen LogP contribution in [0.15, 0.2) is 12.7 Å². The van der Waals surface area contributed by atoms with E-state index in [1.54, 1.807) is 0 Å². The van der Waals surface area contributed by atoms with Gasteiger partial charge in [-0.15, -0.1) is 0 Å². The van der Waals surface area contributed by atoms with Crippen molar-refractivity contribution < 1.29 is 4.79 Å². The highest BCUT2D eigenvalue weighted by molar-refractivity contribution is 5.76. The molecule has 5 heteroatoms. The molecule has 0 spiro atoms. The van der Waals surface area contributed by atoms with Gasteiger partial charge >= 0.3 is 0 Å². The van der Waals surface area contributed by atoms with Gasteiger partial charge in [0.2, 0.25) is 5.91 Å². The smallest absolute Gasteiger partial charge is 0.242 e. The van der Waals surface area contributed by atoms with Crippen LogP contribution < -0.4 is 5.32 Å². The first-order valence-electron chi connectivity index (χ1n) is 4.67. The minimum atomic E-state index is -0.155. The second-order valence-corrected chi connectivity index (χ2v) is 3.88. The highest BCUT2D eigenvalue weighted by Crippen LogP contribution is 2.06. The fourth-order valence-electron chi connectivity index (χ4n) is 0.967. The molecule has 0 atom stereocenters. The Labute approximate surface area is 83.5 Å². The lowest BCUT2D eigenvalue weighted by atomic mass is 10.0. The quantitative estimate of drug-likeness (QED) is 0.766. The lowest BCUT2D eigenvalue weighted by Crippen LogP contribution is -2.44. The molecule has 78 valence electrons. The van der Waals surface area contributed by atoms with Crippen molar-refractivity contribution >= 4 is 5.91 Å². The fraction of sp³-hybridized carbons (Fsp3) is 0.667. The zero-order valence-corrected chi connectivity index (χ0v) is 8.82. The van der Waals surface area contributed by atoms with Crippen molar-refractivity contribution in [3.63, 3.8) is 0 Å². The average Bonchev–Trinajstić information content (AvgIpc) is 2.55. The maximum Gasteiger partial charge on any atom is 0.242 e. The van der Waals surface area contributed by atoms with Crippen LogP contribution in [0.4, 0.5) is 0 Å². The minimum absolute atomic E-state index is 0.0395. The van der Waals surface area contributed by atoms with E-state index >= 15 is 0 Å². The molecule has 0 radical (unpaired) electrons. The summed E-state index contributed by atoms with van der Waals surface area (Å²) in [6.07, 6.45) is 3.84. The zero-order chi connectivity index (χ0) is 10.6. The highest BCUT2D eigenvalue weighted by atomic mass is 16.2. The fourth-order valence-corrected chi connectivity index (χ4v) is 0.967. The van der Waals surface area contributed by atoms with Crippen LogP contribution in [0.3, 0.4) is 0 Å². The molecule has 5 nitrogen and oxygen atoms in total. The summed E-state index contributed by atoms with van der Waals surface area (Å²) in [6.45, 7) is 6.25. The molecule has 0 aliphatic heterocycles. The lowest BCUT2D eigenvalue weighted by Gasteiger charge is -2.24. The van der Waals surface area contributed by atoms with Crippen molar-refractivity contribution in [2.24, 2.45) is 0 Å². The van der Waals surface area contributed by atoms with E-state index in [0.717, 1.165) is 6.42 Å². The third kappa shape index (κ3) is 3.16. The monoisotopic (exact) mass is 196 g/mol. The number of amides is 1. The van der Waals surface area contributed by atoms with Gasteiger partial charge in [-0.2, -0.15) is 5.10 Å². The van der Waals surface area contributed by atoms with E-state index in [1.165, 1.54) is 17.3 Å². The molecule has 1 aromatic rings. The Morgan fingerprint density at radius 2 is 2.29 bits per heavy atom. The Balaban J connectivity index is 2.44. The number of carbonyl (C=O) groups is 1. The largest absolute Gasteiger partial charge is 0.350 e. The first-order valence-corrected chi connectivity index (χ1v) is 4.67. The van der Waals surface area contributed by atoms with Crippen LogP contribution in [0, 0.1) is 0 Å². The van der Waals surface area contributed by atoms with Crippen LogP contribution in [0.1, 0.15) is 27.2 Å². The summed E-state index contributed by atoms with van der Waals surface area (Å²) in [5.74, 6) is -0.0395. The highest BCUT2D eigenvalue weighted by Gasteiger charge is 2.17. The molecule has 1 aromatic heterocycles. The molecule has 0 unspecified atom stereocenters. The van der Waals surface area contributed by atoms with Gasteiger partial charge in [-0.05, 0) is 20.3 Å². The molecule has 1 amide bonds. The predicted molar refractivity (Wildman–Crippen MR) is 52.5 cm³/mol. The number of nitrogens with zero attached hydrogens (tertiary/aromatic N) is 3. The van der Waals surface area contributed by atoms with Gasteiger partial charge in [0, 0.05) is 5.54 Å². The Morgan fingerprint density at radius 3 is 2.79 bits per heavy atom. The van der Waals surface area contributed by atoms with Crippen molar-refractivity contribution in [1.29, 1.82) is 0 Å². The molecule has 0 fully saturated rings. The third-order valence-corrected chi connectivity index (χ3v) is 2.13. The van der Waals surface area contributed by atoms with E-state index in [4.69, 9.17) is 0 Å². The second-order valence-electron chi connectivity index (χ2n) is 3.88. The number of rotatable bonds is 4. The molecule has 0 aliphatic rings. The van der Waals surface area contributed by atoms with Gasteiger partial charge in [-0.3, -0.25) is 4.79 Å². The van der Waals surface area contributed by atoms with E-state index in [0.29, 0.717) is 0 Å². The van der Waals surface area contributed by atoms with Gasteiger partial charge in [-0.25, -0.2) is 9.67 Å². The van der Waals surface area contributed by atoms with Gasteiger partial charge in [0.1, 0.15) is 19.2 Å². The van der Waals surface area contributed by atoms with Crippen LogP contribution >= 0.6 is 0 Å². The maximum absolute atomic E-state index is 11.5. The van der Waals surface area contributed by atoms with E-state index < -0.39 is 0 Å². The Hall–Kier alpha value is -1.39. The van der Waals surface area contributed by atoms with Crippen LogP contribution in [0.25, 0.3) is 0 Å². The summed E-state index contributed by atoms with van der Waals surface area (Å²) in [6, 6.07) is 0. The third-order valence-electron chi connectivity index (χ3n) is 2.13. The minimum Gasteiger partial charge on any atom is -0.350 e. The lowest BCUT2D eigenvalue weighted by molar-refractivity contribution is -0.123. The number of carbonyl (C=O) groups excluding carboxylic acids is 1. The topological polar surface area (TPSA) is 59.8 Å². The van der Waals surface area contributed by atoms with E-state index in [9.17, 15) is 4.79 Å². The van der Waals surface area contributed by atoms with Gasteiger partial charge in [-0.1, -0.05) is 6.92 Å². The molecular weight excluding hydrogens is 180 g/mol. The maximum atomic E-state index is 11.5. The molecular formula is C9H16N4O. The zero-order valence-electron chi connectivity index (χ0n) is 8.82. The van der Waals surface area contributed by atoms with Gasteiger partial charge in [0.15, 0.2) is 0 Å². The summed E-state index contributed by atoms with van der Waals surface area (Å²) >= 11 is 0. The van der Waals surface area contributed by atoms with Gasteiger partial charge in [0.25, 0.3) is 0 Å². The number of hydrogen-bond donors (Lipinski definition) is 1. The van der Waals surface area contributed by atoms with Crippen LogP contribution in [-0.4, -0.2) is 26.2 Å². The van der Waals surface area contributed by atoms with Crippen molar-refractivity contribution in [3.8, 4) is 0 Å². The summed E-state index contributed by atoms with van der Waals surface area (Å²) < 4.78 is 1.50. The standard InChI is InChI=1S/C9H16N4O/c1-4-9(2,3)12-8(14)5-13-7-10-6-11-13/h6-7H,4-5H2,1-3H3,(H,12,14). The molecule has 1 heterocycles. The SMILES string of the molecule is CCC(C)(C)NC(=O)Cn1cncn1. The Bertz CT molecular complexity index is 292. The normalized spacial score (nSPS) is 11.4. The number of hydrogen-bond acceptors (Lipinski definition) is 3. The second kappa shape index (κ2) is 4.21. The molecule has 1 N–H and O–H groups in total. The van der Waals surface area contributed by atoms with Gasteiger partial charge in [0.05, 0.1) is 0 Å². The molecule has 0 aromatic carbocycles. The Morgan fingerprint density at radius 1 is 1.57 bits per heavy atom. The molecule has 1 rings (SSSR count). The van der Waals surface area contributed by atoms with Crippen molar-refractivity contribution in [2.45, 2.75) is 39.3 Å². The van der Waals surface area contributed by atoms with Gasteiger partial charge < -0.3 is 5.32 Å². The first-order chi connectivity index (χ1) is 6.53. The summed E-state index contributed by atoms with van der Waals surface area (Å²) in [4.78, 5) is 15.2. The van der Waals surface area contributed by atoms with E-state index in [1.807, 2.05) is 20.8 Å².